The van der Waals surface area contributed by atoms with Crippen molar-refractivity contribution in [3.05, 3.63) is 0 Å². The molecule has 3 atom stereocenters. The molecular weight excluding hydrogens is 260 g/mol. The highest BCUT2D eigenvalue weighted by Gasteiger charge is 2.37. The first-order chi connectivity index (χ1) is 10.1. The molecule has 0 aliphatic carbocycles. The smallest absolute Gasteiger partial charge is 0.0250 e. The van der Waals surface area contributed by atoms with Gasteiger partial charge in [-0.15, -0.1) is 0 Å². The van der Waals surface area contributed by atoms with Crippen LogP contribution < -0.4 is 5.32 Å². The molecule has 4 heteroatoms. The summed E-state index contributed by atoms with van der Waals surface area (Å²) in [6.07, 6.45) is 4.19. The molecule has 0 aromatic heterocycles. The monoisotopic (exact) mass is 294 g/mol. The molecule has 0 radical (unpaired) electrons. The van der Waals surface area contributed by atoms with E-state index in [1.54, 1.807) is 0 Å². The van der Waals surface area contributed by atoms with Crippen molar-refractivity contribution in [2.45, 2.75) is 51.2 Å². The first kappa shape index (κ1) is 15.7. The highest BCUT2D eigenvalue weighted by Crippen LogP contribution is 2.28. The maximum Gasteiger partial charge on any atom is 0.0250 e. The summed E-state index contributed by atoms with van der Waals surface area (Å²) in [5, 5.41) is 3.95. The second-order valence-corrected chi connectivity index (χ2v) is 7.70. The number of fused-ring (bicyclic) bond motifs is 1. The zero-order valence-electron chi connectivity index (χ0n) is 14.2. The Kier molecular flexibility index (Phi) is 5.20. The van der Waals surface area contributed by atoms with Crippen LogP contribution in [0.2, 0.25) is 0 Å². The maximum atomic E-state index is 3.95. The van der Waals surface area contributed by atoms with Crippen molar-refractivity contribution in [1.82, 2.24) is 20.0 Å². The van der Waals surface area contributed by atoms with Crippen molar-refractivity contribution in [2.75, 3.05) is 52.9 Å². The van der Waals surface area contributed by atoms with E-state index >= 15 is 0 Å². The van der Waals surface area contributed by atoms with Gasteiger partial charge in [-0.25, -0.2) is 0 Å². The summed E-state index contributed by atoms with van der Waals surface area (Å²) in [5.41, 5.74) is 0. The molecule has 3 aliphatic heterocycles. The molecule has 3 heterocycles. The lowest BCUT2D eigenvalue weighted by Gasteiger charge is -2.40. The van der Waals surface area contributed by atoms with Gasteiger partial charge >= 0.3 is 0 Å². The minimum atomic E-state index is 0.703. The first-order valence-electron chi connectivity index (χ1n) is 9.05. The minimum Gasteiger partial charge on any atom is -0.311 e. The lowest BCUT2D eigenvalue weighted by Crippen LogP contribution is -2.55. The molecule has 21 heavy (non-hydrogen) atoms. The lowest BCUT2D eigenvalue weighted by molar-refractivity contribution is 0.0853. The van der Waals surface area contributed by atoms with Gasteiger partial charge in [0.1, 0.15) is 0 Å². The number of rotatable bonds is 5. The third-order valence-electron chi connectivity index (χ3n) is 5.97. The summed E-state index contributed by atoms with van der Waals surface area (Å²) in [6, 6.07) is 2.29. The van der Waals surface area contributed by atoms with Gasteiger partial charge in [0.05, 0.1) is 0 Å². The number of hydrogen-bond acceptors (Lipinski definition) is 4. The lowest BCUT2D eigenvalue weighted by atomic mass is 10.00. The zero-order chi connectivity index (χ0) is 14.8. The van der Waals surface area contributed by atoms with Gasteiger partial charge in [0.15, 0.2) is 0 Å². The van der Waals surface area contributed by atoms with E-state index in [0.717, 1.165) is 18.0 Å². The maximum absolute atomic E-state index is 3.95. The van der Waals surface area contributed by atoms with Crippen molar-refractivity contribution in [3.8, 4) is 0 Å². The van der Waals surface area contributed by atoms with Crippen molar-refractivity contribution in [1.29, 1.82) is 0 Å². The third kappa shape index (κ3) is 3.61. The Morgan fingerprint density at radius 1 is 1.00 bits per heavy atom. The molecule has 3 fully saturated rings. The van der Waals surface area contributed by atoms with E-state index in [4.69, 9.17) is 0 Å². The van der Waals surface area contributed by atoms with E-state index in [1.165, 1.54) is 65.1 Å². The van der Waals surface area contributed by atoms with Crippen molar-refractivity contribution in [2.24, 2.45) is 5.92 Å². The fourth-order valence-corrected chi connectivity index (χ4v) is 4.53. The third-order valence-corrected chi connectivity index (χ3v) is 5.97. The Hall–Kier alpha value is -0.160. The van der Waals surface area contributed by atoms with Gasteiger partial charge in [-0.3, -0.25) is 9.80 Å². The van der Waals surface area contributed by atoms with Crippen LogP contribution in [0.5, 0.6) is 0 Å². The van der Waals surface area contributed by atoms with E-state index in [-0.39, 0.29) is 0 Å². The highest BCUT2D eigenvalue weighted by atomic mass is 15.3. The predicted octanol–water partition coefficient (Wildman–Crippen LogP) is 1.08. The van der Waals surface area contributed by atoms with Gasteiger partial charge in [-0.2, -0.15) is 0 Å². The molecule has 122 valence electrons. The number of likely N-dealkylation sites (N-methyl/N-ethyl adjacent to an activating group) is 1. The summed E-state index contributed by atoms with van der Waals surface area (Å²) < 4.78 is 0. The molecule has 3 saturated heterocycles. The van der Waals surface area contributed by atoms with Crippen molar-refractivity contribution in [3.63, 3.8) is 0 Å². The van der Waals surface area contributed by atoms with Crippen LogP contribution in [0.15, 0.2) is 0 Å². The molecule has 0 spiro atoms. The van der Waals surface area contributed by atoms with Crippen LogP contribution in [0.1, 0.15) is 33.1 Å². The van der Waals surface area contributed by atoms with Gasteiger partial charge < -0.3 is 10.2 Å². The van der Waals surface area contributed by atoms with Crippen LogP contribution in [0.25, 0.3) is 0 Å². The zero-order valence-corrected chi connectivity index (χ0v) is 14.2. The topological polar surface area (TPSA) is 21.8 Å². The molecule has 0 amide bonds. The molecule has 3 unspecified atom stereocenters. The molecule has 3 rings (SSSR count). The van der Waals surface area contributed by atoms with E-state index in [2.05, 4.69) is 40.9 Å². The Labute approximate surface area is 130 Å². The highest BCUT2D eigenvalue weighted by molar-refractivity contribution is 4.96. The first-order valence-corrected chi connectivity index (χ1v) is 9.05. The number of nitrogens with one attached hydrogen (secondary N) is 1. The minimum absolute atomic E-state index is 0.703. The normalized spacial score (nSPS) is 33.7. The number of hydrogen-bond donors (Lipinski definition) is 1. The summed E-state index contributed by atoms with van der Waals surface area (Å²) in [6.45, 7) is 13.5. The summed E-state index contributed by atoms with van der Waals surface area (Å²) in [4.78, 5) is 7.88. The quantitative estimate of drug-likeness (QED) is 0.819. The van der Waals surface area contributed by atoms with E-state index < -0.39 is 0 Å². The summed E-state index contributed by atoms with van der Waals surface area (Å²) in [5.74, 6) is 0.738. The fourth-order valence-electron chi connectivity index (χ4n) is 4.53. The van der Waals surface area contributed by atoms with Gasteiger partial charge in [-0.1, -0.05) is 13.8 Å². The van der Waals surface area contributed by atoms with Crippen molar-refractivity contribution < 1.29 is 0 Å². The average Bonchev–Trinajstić information content (AvgIpc) is 3.05. The standard InChI is InChI=1S/C17H34N4/c1-14(2)17(21-11-9-19(3)10-12-21)13-18-15-6-8-20-7-4-5-16(15)20/h14-18H,4-13H2,1-3H3. The Bertz CT molecular complexity index is 325. The Balaban J connectivity index is 1.51. The molecule has 1 N–H and O–H groups in total. The summed E-state index contributed by atoms with van der Waals surface area (Å²) >= 11 is 0. The van der Waals surface area contributed by atoms with Crippen molar-refractivity contribution >= 4 is 0 Å². The predicted molar refractivity (Wildman–Crippen MR) is 88.7 cm³/mol. The van der Waals surface area contributed by atoms with Crippen LogP contribution >= 0.6 is 0 Å². The molecule has 0 saturated carbocycles. The molecular formula is C17H34N4. The second kappa shape index (κ2) is 6.95. The molecule has 0 aromatic carbocycles. The summed E-state index contributed by atoms with van der Waals surface area (Å²) in [7, 11) is 2.24. The molecule has 0 bridgehead atoms. The van der Waals surface area contributed by atoms with Gasteiger partial charge in [-0.05, 0) is 38.8 Å². The van der Waals surface area contributed by atoms with Crippen LogP contribution in [0.3, 0.4) is 0 Å². The average molecular weight is 294 g/mol. The largest absolute Gasteiger partial charge is 0.311 e. The van der Waals surface area contributed by atoms with Crippen LogP contribution in [0.4, 0.5) is 0 Å². The number of piperazine rings is 1. The van der Waals surface area contributed by atoms with Gasteiger partial charge in [0, 0.05) is 57.4 Å². The molecule has 3 aliphatic rings. The SMILES string of the molecule is CC(C)C(CNC1CCN2CCCC12)N1CCN(C)CC1. The van der Waals surface area contributed by atoms with E-state index in [0.29, 0.717) is 6.04 Å². The van der Waals surface area contributed by atoms with Gasteiger partial charge in [0.2, 0.25) is 0 Å². The molecule has 0 aromatic rings. The molecule has 4 nitrogen and oxygen atoms in total. The van der Waals surface area contributed by atoms with E-state index in [1.807, 2.05) is 0 Å². The fraction of sp³-hybridized carbons (Fsp3) is 1.00. The Morgan fingerprint density at radius 2 is 1.76 bits per heavy atom. The van der Waals surface area contributed by atoms with E-state index in [9.17, 15) is 0 Å². The number of nitrogens with zero attached hydrogens (tertiary/aromatic N) is 3. The van der Waals surface area contributed by atoms with Crippen LogP contribution in [-0.4, -0.2) is 85.7 Å². The second-order valence-electron chi connectivity index (χ2n) is 7.70. The van der Waals surface area contributed by atoms with Crippen LogP contribution in [0, 0.1) is 5.92 Å². The Morgan fingerprint density at radius 3 is 2.48 bits per heavy atom. The van der Waals surface area contributed by atoms with Gasteiger partial charge in [0.25, 0.3) is 0 Å². The van der Waals surface area contributed by atoms with Crippen LogP contribution in [-0.2, 0) is 0 Å².